The Morgan fingerprint density at radius 1 is 1.31 bits per heavy atom. The molecule has 2 saturated heterocycles. The van der Waals surface area contributed by atoms with E-state index in [-0.39, 0.29) is 49.1 Å². The highest BCUT2D eigenvalue weighted by Gasteiger charge is 2.54. The maximum Gasteiger partial charge on any atom is 0.318 e. The zero-order valence-electron chi connectivity index (χ0n) is 17.6. The number of aliphatic hydroxyl groups excluding tert-OH is 1. The molecule has 7 heteroatoms. The molecular weight excluding hydrogens is 368 g/mol. The first-order valence-corrected chi connectivity index (χ1v) is 10.0. The van der Waals surface area contributed by atoms with Gasteiger partial charge >= 0.3 is 6.03 Å². The summed E-state index contributed by atoms with van der Waals surface area (Å²) in [5.74, 6) is 6.15. The van der Waals surface area contributed by atoms with Crippen LogP contribution in [0.25, 0.3) is 0 Å². The number of urea groups is 1. The van der Waals surface area contributed by atoms with Gasteiger partial charge in [-0.1, -0.05) is 24.0 Å². The van der Waals surface area contributed by atoms with Crippen molar-refractivity contribution >= 4 is 11.9 Å². The van der Waals surface area contributed by atoms with Crippen LogP contribution in [0.4, 0.5) is 4.79 Å². The topological polar surface area (TPSA) is 76.1 Å². The lowest BCUT2D eigenvalue weighted by Crippen LogP contribution is -2.74. The molecule has 2 N–H and O–H groups in total. The predicted molar refractivity (Wildman–Crippen MR) is 111 cm³/mol. The van der Waals surface area contributed by atoms with Crippen LogP contribution in [0.3, 0.4) is 0 Å². The van der Waals surface area contributed by atoms with E-state index in [4.69, 9.17) is 0 Å². The monoisotopic (exact) mass is 398 g/mol. The Morgan fingerprint density at radius 2 is 2.00 bits per heavy atom. The first kappa shape index (κ1) is 21.2. The number of hydrogen-bond donors (Lipinski definition) is 2. The minimum atomic E-state index is -0.242. The zero-order valence-corrected chi connectivity index (χ0v) is 17.6. The molecule has 2 fully saturated rings. The van der Waals surface area contributed by atoms with E-state index in [0.29, 0.717) is 13.1 Å². The molecule has 29 heavy (non-hydrogen) atoms. The van der Waals surface area contributed by atoms with Crippen molar-refractivity contribution in [3.63, 3.8) is 0 Å². The number of amides is 3. The Kier molecular flexibility index (Phi) is 6.46. The third-order valence-corrected chi connectivity index (χ3v) is 5.38. The second kappa shape index (κ2) is 8.85. The molecule has 3 amide bonds. The van der Waals surface area contributed by atoms with Crippen molar-refractivity contribution in [1.82, 2.24) is 20.0 Å². The van der Waals surface area contributed by atoms with Gasteiger partial charge in [0.05, 0.1) is 25.2 Å². The number of carbonyl (C=O) groups is 2. The molecule has 0 saturated carbocycles. The number of carbonyl (C=O) groups excluding carboxylic acids is 2. The normalized spacial score (nSPS) is 23.4. The fraction of sp³-hybridized carbons (Fsp3) is 0.545. The number of nitrogens with zero attached hydrogens (tertiary/aromatic N) is 3. The number of hydrogen-bond acceptors (Lipinski definition) is 4. The van der Waals surface area contributed by atoms with Gasteiger partial charge in [0.1, 0.15) is 6.54 Å². The van der Waals surface area contributed by atoms with E-state index in [1.54, 1.807) is 9.80 Å². The van der Waals surface area contributed by atoms with E-state index < -0.39 is 0 Å². The Morgan fingerprint density at radius 3 is 2.59 bits per heavy atom. The average molecular weight is 399 g/mol. The lowest BCUT2D eigenvalue weighted by Gasteiger charge is -2.58. The average Bonchev–Trinajstić information content (AvgIpc) is 2.63. The molecule has 2 aliphatic rings. The lowest BCUT2D eigenvalue weighted by molar-refractivity contribution is -0.159. The lowest BCUT2D eigenvalue weighted by atomic mass is 9.73. The summed E-state index contributed by atoms with van der Waals surface area (Å²) in [5, 5.41) is 12.7. The molecule has 0 spiro atoms. The van der Waals surface area contributed by atoms with E-state index in [1.165, 1.54) is 0 Å². The fourth-order valence-electron chi connectivity index (χ4n) is 4.08. The predicted octanol–water partition coefficient (Wildman–Crippen LogP) is 0.689. The Bertz CT molecular complexity index is 810. The maximum absolute atomic E-state index is 12.6. The summed E-state index contributed by atoms with van der Waals surface area (Å²) in [7, 11) is 3.96. The molecule has 3 atom stereocenters. The molecule has 0 unspecified atom stereocenters. The SMILES string of the molecule is CC(C)NC(=O)N1CC(=O)N2[C@H](CO)[C@@H](c3ccc(C#CCN(C)C)cc3)[C@H]2C1. The minimum Gasteiger partial charge on any atom is -0.394 e. The van der Waals surface area contributed by atoms with E-state index in [1.807, 2.05) is 57.1 Å². The first-order valence-electron chi connectivity index (χ1n) is 10.0. The molecule has 1 aromatic rings. The highest BCUT2D eigenvalue weighted by atomic mass is 16.3. The maximum atomic E-state index is 12.6. The van der Waals surface area contributed by atoms with Crippen molar-refractivity contribution in [1.29, 1.82) is 0 Å². The van der Waals surface area contributed by atoms with Gasteiger partial charge in [-0.05, 0) is 45.6 Å². The highest BCUT2D eigenvalue weighted by Crippen LogP contribution is 2.42. The summed E-state index contributed by atoms with van der Waals surface area (Å²) in [6.45, 7) is 4.92. The van der Waals surface area contributed by atoms with Crippen molar-refractivity contribution in [2.75, 3.05) is 40.3 Å². The molecule has 1 aromatic carbocycles. The standard InChI is InChI=1S/C22H30N4O3/c1-15(2)23-22(29)25-12-18-21(19(14-27)26(18)20(28)13-25)17-9-7-16(8-10-17)6-5-11-24(3)4/h7-10,15,18-19,21,27H,11-14H2,1-4H3,(H,23,29)/t18-,19-,21+/m1/s1. The summed E-state index contributed by atoms with van der Waals surface area (Å²) in [6, 6.07) is 7.42. The Hall–Kier alpha value is -2.56. The van der Waals surface area contributed by atoms with Crippen LogP contribution < -0.4 is 5.32 Å². The van der Waals surface area contributed by atoms with Crippen LogP contribution in [0.15, 0.2) is 24.3 Å². The third-order valence-electron chi connectivity index (χ3n) is 5.38. The Labute approximate surface area is 172 Å². The van der Waals surface area contributed by atoms with Crippen LogP contribution in [0, 0.1) is 11.8 Å². The van der Waals surface area contributed by atoms with E-state index in [9.17, 15) is 14.7 Å². The second-order valence-electron chi connectivity index (χ2n) is 8.29. The minimum absolute atomic E-state index is 0.00221. The largest absolute Gasteiger partial charge is 0.394 e. The number of aliphatic hydroxyl groups is 1. The van der Waals surface area contributed by atoms with Gasteiger partial charge in [-0.25, -0.2) is 4.79 Å². The first-order chi connectivity index (χ1) is 13.8. The smallest absolute Gasteiger partial charge is 0.318 e. The van der Waals surface area contributed by atoms with Crippen LogP contribution >= 0.6 is 0 Å². The number of fused-ring (bicyclic) bond motifs is 1. The molecular formula is C22H30N4O3. The molecule has 0 bridgehead atoms. The van der Waals surface area contributed by atoms with Crippen molar-refractivity contribution in [3.05, 3.63) is 35.4 Å². The molecule has 156 valence electrons. The van der Waals surface area contributed by atoms with Crippen LogP contribution in [-0.4, -0.2) is 90.2 Å². The molecule has 0 aliphatic carbocycles. The van der Waals surface area contributed by atoms with Gasteiger partial charge < -0.3 is 20.2 Å². The van der Waals surface area contributed by atoms with Gasteiger partial charge in [-0.3, -0.25) is 9.69 Å². The van der Waals surface area contributed by atoms with Crippen LogP contribution in [0.1, 0.15) is 30.9 Å². The molecule has 2 heterocycles. The summed E-state index contributed by atoms with van der Waals surface area (Å²) in [5.41, 5.74) is 1.99. The summed E-state index contributed by atoms with van der Waals surface area (Å²) in [6.07, 6.45) is 0. The van der Waals surface area contributed by atoms with Gasteiger partial charge in [0, 0.05) is 24.1 Å². The molecule has 0 radical (unpaired) electrons. The van der Waals surface area contributed by atoms with Crippen LogP contribution in [-0.2, 0) is 4.79 Å². The van der Waals surface area contributed by atoms with Gasteiger partial charge in [0.2, 0.25) is 5.91 Å². The van der Waals surface area contributed by atoms with Gasteiger partial charge in [0.15, 0.2) is 0 Å². The summed E-state index contributed by atoms with van der Waals surface area (Å²) < 4.78 is 0. The van der Waals surface area contributed by atoms with E-state index in [0.717, 1.165) is 11.1 Å². The fourth-order valence-corrected chi connectivity index (χ4v) is 4.08. The van der Waals surface area contributed by atoms with E-state index in [2.05, 4.69) is 17.2 Å². The quantitative estimate of drug-likeness (QED) is 0.732. The van der Waals surface area contributed by atoms with Crippen LogP contribution in [0.5, 0.6) is 0 Å². The summed E-state index contributed by atoms with van der Waals surface area (Å²) >= 11 is 0. The number of piperazine rings is 1. The highest BCUT2D eigenvalue weighted by molar-refractivity contribution is 5.87. The summed E-state index contributed by atoms with van der Waals surface area (Å²) in [4.78, 5) is 30.3. The van der Waals surface area contributed by atoms with Gasteiger partial charge in [-0.15, -0.1) is 0 Å². The second-order valence-corrected chi connectivity index (χ2v) is 8.29. The van der Waals surface area contributed by atoms with Crippen molar-refractivity contribution in [3.8, 4) is 11.8 Å². The molecule has 2 aliphatic heterocycles. The van der Waals surface area contributed by atoms with Gasteiger partial charge in [-0.2, -0.15) is 0 Å². The van der Waals surface area contributed by atoms with E-state index >= 15 is 0 Å². The number of benzene rings is 1. The van der Waals surface area contributed by atoms with Gasteiger partial charge in [0.25, 0.3) is 0 Å². The number of rotatable bonds is 4. The number of nitrogens with one attached hydrogen (secondary N) is 1. The van der Waals surface area contributed by atoms with Crippen LogP contribution in [0.2, 0.25) is 0 Å². The molecule has 7 nitrogen and oxygen atoms in total. The Balaban J connectivity index is 1.75. The zero-order chi connectivity index (χ0) is 21.1. The third kappa shape index (κ3) is 4.55. The van der Waals surface area contributed by atoms with Crippen molar-refractivity contribution < 1.29 is 14.7 Å². The molecule has 0 aromatic heterocycles. The van der Waals surface area contributed by atoms with Crippen molar-refractivity contribution in [2.24, 2.45) is 0 Å². The van der Waals surface area contributed by atoms with Crippen molar-refractivity contribution in [2.45, 2.75) is 37.9 Å². The molecule has 3 rings (SSSR count).